The highest BCUT2D eigenvalue weighted by molar-refractivity contribution is 14.1. The number of hydrazone groups is 1. The Morgan fingerprint density at radius 3 is 2.68 bits per heavy atom. The molecule has 0 saturated carbocycles. The number of halogens is 3. The Balaban J connectivity index is 1.73. The molecule has 9 heteroatoms. The summed E-state index contributed by atoms with van der Waals surface area (Å²) in [6.07, 6.45) is 3.05. The zero-order valence-electron chi connectivity index (χ0n) is 16.4. The predicted octanol–water partition coefficient (Wildman–Crippen LogP) is 5.69. The highest BCUT2D eigenvalue weighted by Crippen LogP contribution is 2.34. The molecule has 1 N–H and O–H groups in total. The molecule has 3 rings (SSSR count). The molecule has 0 saturated heterocycles. The van der Waals surface area contributed by atoms with Gasteiger partial charge in [0.1, 0.15) is 11.8 Å². The molecule has 1 heterocycles. The van der Waals surface area contributed by atoms with Crippen LogP contribution in [0.5, 0.6) is 11.5 Å². The van der Waals surface area contributed by atoms with Crippen molar-refractivity contribution in [3.05, 3.63) is 83.7 Å². The van der Waals surface area contributed by atoms with E-state index in [2.05, 4.69) is 60.7 Å². The Hall–Kier alpha value is -1.92. The maximum Gasteiger partial charge on any atom is 0.274 e. The van der Waals surface area contributed by atoms with E-state index in [-0.39, 0.29) is 10.7 Å². The molecule has 0 radical (unpaired) electrons. The molecule has 31 heavy (non-hydrogen) atoms. The minimum atomic E-state index is -0.438. The first-order chi connectivity index (χ1) is 15.0. The second kappa shape index (κ2) is 11.6. The maximum absolute atomic E-state index is 12.2. The van der Waals surface area contributed by atoms with Gasteiger partial charge in [0.2, 0.25) is 0 Å². The molecule has 0 aliphatic heterocycles. The van der Waals surface area contributed by atoms with Gasteiger partial charge in [-0.2, -0.15) is 5.10 Å². The number of nitrogens with zero attached hydrogens (tertiary/aromatic N) is 2. The van der Waals surface area contributed by atoms with E-state index in [1.807, 2.05) is 43.3 Å². The molecule has 0 aliphatic carbocycles. The summed E-state index contributed by atoms with van der Waals surface area (Å²) in [7, 11) is 0. The predicted molar refractivity (Wildman–Crippen MR) is 138 cm³/mol. The smallest absolute Gasteiger partial charge is 0.274 e. The highest BCUT2D eigenvalue weighted by Gasteiger charge is 2.13. The fourth-order valence-corrected chi connectivity index (χ4v) is 3.93. The third kappa shape index (κ3) is 6.78. The molecular weight excluding hydrogens is 644 g/mol. The van der Waals surface area contributed by atoms with Crippen LogP contribution in [0.25, 0.3) is 0 Å². The van der Waals surface area contributed by atoms with Crippen molar-refractivity contribution in [1.29, 1.82) is 0 Å². The minimum Gasteiger partial charge on any atom is -0.490 e. The summed E-state index contributed by atoms with van der Waals surface area (Å²) in [6, 6.07) is 15.1. The standard InChI is InChI=1S/C22H18ClI2N3O3/c1-2-30-19-11-15(12-27-28-22(29)17-4-3-9-26-21(17)23)10-18(25)20(19)31-13-14-5-7-16(24)8-6-14/h3-12H,2,13H2,1H3,(H,28,29). The summed E-state index contributed by atoms with van der Waals surface area (Å²) >= 11 is 10.4. The van der Waals surface area contributed by atoms with Crippen LogP contribution in [0.15, 0.2) is 59.8 Å². The van der Waals surface area contributed by atoms with Crippen molar-refractivity contribution in [2.45, 2.75) is 13.5 Å². The van der Waals surface area contributed by atoms with Crippen LogP contribution in [0.3, 0.4) is 0 Å². The Labute approximate surface area is 212 Å². The Kier molecular flexibility index (Phi) is 8.90. The number of nitrogens with one attached hydrogen (secondary N) is 1. The van der Waals surface area contributed by atoms with Crippen LogP contribution >= 0.6 is 56.8 Å². The fourth-order valence-electron chi connectivity index (χ4n) is 2.58. The zero-order chi connectivity index (χ0) is 22.2. The number of carbonyl (C=O) groups is 1. The van der Waals surface area contributed by atoms with E-state index in [0.29, 0.717) is 24.7 Å². The Morgan fingerprint density at radius 1 is 1.19 bits per heavy atom. The average Bonchev–Trinajstić information content (AvgIpc) is 2.75. The van der Waals surface area contributed by atoms with E-state index >= 15 is 0 Å². The van der Waals surface area contributed by atoms with Crippen molar-refractivity contribution in [1.82, 2.24) is 10.4 Å². The van der Waals surface area contributed by atoms with Gasteiger partial charge in [0.15, 0.2) is 11.5 Å². The summed E-state index contributed by atoms with van der Waals surface area (Å²) < 4.78 is 13.9. The number of aromatic nitrogens is 1. The lowest BCUT2D eigenvalue weighted by atomic mass is 10.2. The topological polar surface area (TPSA) is 72.8 Å². The number of benzene rings is 2. The molecule has 160 valence electrons. The third-order valence-corrected chi connectivity index (χ3v) is 5.83. The number of hydrogen-bond donors (Lipinski definition) is 1. The Morgan fingerprint density at radius 2 is 1.97 bits per heavy atom. The van der Waals surface area contributed by atoms with Crippen molar-refractivity contribution >= 4 is 68.9 Å². The quantitative estimate of drug-likeness (QED) is 0.146. The lowest BCUT2D eigenvalue weighted by Crippen LogP contribution is -2.18. The first kappa shape index (κ1) is 23.7. The van der Waals surface area contributed by atoms with Gasteiger partial charge in [0, 0.05) is 9.77 Å². The molecule has 0 bridgehead atoms. The summed E-state index contributed by atoms with van der Waals surface area (Å²) in [4.78, 5) is 16.1. The molecule has 2 aromatic carbocycles. The van der Waals surface area contributed by atoms with E-state index in [0.717, 1.165) is 14.7 Å². The normalized spacial score (nSPS) is 10.8. The Bertz CT molecular complexity index is 1090. The molecule has 0 atom stereocenters. The van der Waals surface area contributed by atoms with Crippen LogP contribution in [0.1, 0.15) is 28.4 Å². The van der Waals surface area contributed by atoms with Crippen LogP contribution in [0, 0.1) is 7.14 Å². The SMILES string of the molecule is CCOc1cc(C=NNC(=O)c2cccnc2Cl)cc(I)c1OCc1ccc(I)cc1. The molecule has 1 aromatic heterocycles. The third-order valence-electron chi connectivity index (χ3n) is 4.01. The summed E-state index contributed by atoms with van der Waals surface area (Å²) in [5.41, 5.74) is 4.54. The first-order valence-electron chi connectivity index (χ1n) is 9.25. The number of rotatable bonds is 8. The lowest BCUT2D eigenvalue weighted by Gasteiger charge is -2.15. The van der Waals surface area contributed by atoms with Crippen LogP contribution in [0.2, 0.25) is 5.15 Å². The first-order valence-corrected chi connectivity index (χ1v) is 11.8. The van der Waals surface area contributed by atoms with Gasteiger partial charge in [-0.3, -0.25) is 4.79 Å². The van der Waals surface area contributed by atoms with Gasteiger partial charge in [-0.05, 0) is 99.6 Å². The molecule has 0 unspecified atom stereocenters. The fraction of sp³-hybridized carbons (Fsp3) is 0.136. The van der Waals surface area contributed by atoms with Gasteiger partial charge in [0.25, 0.3) is 5.91 Å². The zero-order valence-corrected chi connectivity index (χ0v) is 21.5. The van der Waals surface area contributed by atoms with Crippen LogP contribution in [-0.4, -0.2) is 23.7 Å². The van der Waals surface area contributed by atoms with Gasteiger partial charge in [-0.15, -0.1) is 0 Å². The average molecular weight is 662 g/mol. The second-order valence-corrected chi connectivity index (χ2v) is 8.98. The largest absolute Gasteiger partial charge is 0.490 e. The molecule has 1 amide bonds. The number of ether oxygens (including phenoxy) is 2. The number of amides is 1. The van der Waals surface area contributed by atoms with E-state index < -0.39 is 5.91 Å². The lowest BCUT2D eigenvalue weighted by molar-refractivity contribution is 0.0955. The van der Waals surface area contributed by atoms with Crippen molar-refractivity contribution in [3.63, 3.8) is 0 Å². The number of hydrogen-bond acceptors (Lipinski definition) is 5. The number of pyridine rings is 1. The number of carbonyl (C=O) groups excluding carboxylic acids is 1. The summed E-state index contributed by atoms with van der Waals surface area (Å²) in [6.45, 7) is 2.84. The minimum absolute atomic E-state index is 0.123. The molecule has 0 spiro atoms. The van der Waals surface area contributed by atoms with Gasteiger partial charge in [-0.25, -0.2) is 10.4 Å². The van der Waals surface area contributed by atoms with Crippen molar-refractivity contribution in [2.24, 2.45) is 5.10 Å². The van der Waals surface area contributed by atoms with Crippen LogP contribution in [-0.2, 0) is 6.61 Å². The highest BCUT2D eigenvalue weighted by atomic mass is 127. The van der Waals surface area contributed by atoms with E-state index in [4.69, 9.17) is 21.1 Å². The van der Waals surface area contributed by atoms with Gasteiger partial charge >= 0.3 is 0 Å². The van der Waals surface area contributed by atoms with Crippen molar-refractivity contribution in [2.75, 3.05) is 6.61 Å². The van der Waals surface area contributed by atoms with Crippen LogP contribution in [0.4, 0.5) is 0 Å². The van der Waals surface area contributed by atoms with E-state index in [1.54, 1.807) is 12.1 Å². The second-order valence-electron chi connectivity index (χ2n) is 6.22. The maximum atomic E-state index is 12.2. The van der Waals surface area contributed by atoms with Crippen molar-refractivity contribution in [3.8, 4) is 11.5 Å². The van der Waals surface area contributed by atoms with E-state index in [1.165, 1.54) is 16.0 Å². The van der Waals surface area contributed by atoms with Gasteiger partial charge in [-0.1, -0.05) is 23.7 Å². The summed E-state index contributed by atoms with van der Waals surface area (Å²) in [5.74, 6) is 0.846. The molecule has 3 aromatic rings. The van der Waals surface area contributed by atoms with Gasteiger partial charge < -0.3 is 9.47 Å². The molecule has 0 aliphatic rings. The van der Waals surface area contributed by atoms with Crippen molar-refractivity contribution < 1.29 is 14.3 Å². The molecule has 0 fully saturated rings. The monoisotopic (exact) mass is 661 g/mol. The van der Waals surface area contributed by atoms with Gasteiger partial charge in [0.05, 0.1) is 22.0 Å². The molecule has 6 nitrogen and oxygen atoms in total. The van der Waals surface area contributed by atoms with Crippen LogP contribution < -0.4 is 14.9 Å². The molecular formula is C22H18ClI2N3O3. The van der Waals surface area contributed by atoms with E-state index in [9.17, 15) is 4.79 Å². The summed E-state index contributed by atoms with van der Waals surface area (Å²) in [5, 5.41) is 4.14.